The summed E-state index contributed by atoms with van der Waals surface area (Å²) in [6.07, 6.45) is 4.70. The number of carbonyl (C=O) groups excluding carboxylic acids is 1. The number of aromatic nitrogens is 2. The fraction of sp³-hybridized carbons (Fsp3) is 0.294. The van der Waals surface area contributed by atoms with Crippen molar-refractivity contribution in [3.8, 4) is 6.07 Å². The lowest BCUT2D eigenvalue weighted by Crippen LogP contribution is -2.12. The highest BCUT2D eigenvalue weighted by Gasteiger charge is 2.24. The number of esters is 1. The Morgan fingerprint density at radius 3 is 2.84 bits per heavy atom. The predicted octanol–water partition coefficient (Wildman–Crippen LogP) is 2.98. The molecule has 2 N–H and O–H groups in total. The molecule has 0 aromatic carbocycles. The van der Waals surface area contributed by atoms with Crippen molar-refractivity contribution in [3.05, 3.63) is 41.5 Å². The van der Waals surface area contributed by atoms with E-state index in [0.717, 1.165) is 18.9 Å². The number of nitrogens with one attached hydrogen (secondary N) is 2. The molecule has 7 nitrogen and oxygen atoms in total. The van der Waals surface area contributed by atoms with Crippen molar-refractivity contribution < 1.29 is 13.9 Å². The Bertz CT molecular complexity index is 845. The van der Waals surface area contributed by atoms with Crippen molar-refractivity contribution in [3.63, 3.8) is 0 Å². The van der Waals surface area contributed by atoms with Gasteiger partial charge < -0.3 is 15.4 Å². The first-order valence-corrected chi connectivity index (χ1v) is 7.87. The number of rotatable bonds is 6. The molecular formula is C17H16FN5O2. The van der Waals surface area contributed by atoms with Crippen LogP contribution in [-0.4, -0.2) is 28.6 Å². The Balaban J connectivity index is 1.86. The smallest absolute Gasteiger partial charge is 0.341 e. The molecule has 1 aliphatic rings. The second-order valence-electron chi connectivity index (χ2n) is 5.55. The number of hydrogen-bond acceptors (Lipinski definition) is 7. The molecule has 0 saturated heterocycles. The summed E-state index contributed by atoms with van der Waals surface area (Å²) in [5.41, 5.74) is 1.03. The van der Waals surface area contributed by atoms with E-state index in [1.165, 1.54) is 12.4 Å². The standard InChI is InChI=1S/C17H16FN5O2/c1-2-25-17(24)12-9-20-15(6-14(12)22-11-3-4-11)23-16-13(18)5-10(7-19)8-21-16/h5-6,8-9,11H,2-4H2,1H3,(H2,20,21,22,23). The largest absolute Gasteiger partial charge is 0.462 e. The van der Waals surface area contributed by atoms with Gasteiger partial charge in [0.15, 0.2) is 11.6 Å². The van der Waals surface area contributed by atoms with E-state index in [4.69, 9.17) is 10.00 Å². The summed E-state index contributed by atoms with van der Waals surface area (Å²) in [6.45, 7) is 2.00. The number of pyridine rings is 2. The number of halogens is 1. The second-order valence-corrected chi connectivity index (χ2v) is 5.55. The number of hydrogen-bond donors (Lipinski definition) is 2. The van der Waals surface area contributed by atoms with Crippen LogP contribution >= 0.6 is 0 Å². The molecule has 1 saturated carbocycles. The third-order valence-electron chi connectivity index (χ3n) is 3.55. The van der Waals surface area contributed by atoms with Gasteiger partial charge in [0.05, 0.1) is 17.9 Å². The molecule has 2 heterocycles. The van der Waals surface area contributed by atoms with Gasteiger partial charge in [-0.05, 0) is 25.8 Å². The summed E-state index contributed by atoms with van der Waals surface area (Å²) in [4.78, 5) is 20.0. The topological polar surface area (TPSA) is 99.9 Å². The van der Waals surface area contributed by atoms with E-state index < -0.39 is 11.8 Å². The monoisotopic (exact) mass is 341 g/mol. The average molecular weight is 341 g/mol. The van der Waals surface area contributed by atoms with Gasteiger partial charge >= 0.3 is 5.97 Å². The van der Waals surface area contributed by atoms with Crippen LogP contribution in [0.5, 0.6) is 0 Å². The Kier molecular flexibility index (Phi) is 4.75. The lowest BCUT2D eigenvalue weighted by atomic mass is 10.2. The molecule has 0 spiro atoms. The Morgan fingerprint density at radius 2 is 2.20 bits per heavy atom. The van der Waals surface area contributed by atoms with Crippen LogP contribution in [0.25, 0.3) is 0 Å². The highest BCUT2D eigenvalue weighted by atomic mass is 19.1. The van der Waals surface area contributed by atoms with Gasteiger partial charge in [-0.3, -0.25) is 0 Å². The molecule has 2 aromatic heterocycles. The lowest BCUT2D eigenvalue weighted by molar-refractivity contribution is 0.0527. The predicted molar refractivity (Wildman–Crippen MR) is 89.0 cm³/mol. The first kappa shape index (κ1) is 16.6. The highest BCUT2D eigenvalue weighted by molar-refractivity contribution is 5.96. The number of nitriles is 1. The maximum Gasteiger partial charge on any atom is 0.341 e. The number of carbonyl (C=O) groups is 1. The molecule has 0 bridgehead atoms. The normalized spacial score (nSPS) is 13.0. The van der Waals surface area contributed by atoms with Gasteiger partial charge in [-0.2, -0.15) is 5.26 Å². The van der Waals surface area contributed by atoms with E-state index in [-0.39, 0.29) is 18.0 Å². The van der Waals surface area contributed by atoms with Crippen LogP contribution in [0, 0.1) is 17.1 Å². The van der Waals surface area contributed by atoms with Gasteiger partial charge in [-0.1, -0.05) is 0 Å². The van der Waals surface area contributed by atoms with Crippen molar-refractivity contribution in [1.82, 2.24) is 9.97 Å². The van der Waals surface area contributed by atoms with Crippen LogP contribution < -0.4 is 10.6 Å². The molecule has 0 radical (unpaired) electrons. The zero-order chi connectivity index (χ0) is 17.8. The summed E-state index contributed by atoms with van der Waals surface area (Å²) in [7, 11) is 0. The zero-order valence-corrected chi connectivity index (χ0v) is 13.5. The lowest BCUT2D eigenvalue weighted by Gasteiger charge is -2.13. The van der Waals surface area contributed by atoms with Gasteiger partial charge in [0.2, 0.25) is 0 Å². The minimum absolute atomic E-state index is 0.0484. The number of anilines is 3. The van der Waals surface area contributed by atoms with E-state index in [1.807, 2.05) is 6.07 Å². The van der Waals surface area contributed by atoms with Crippen LogP contribution in [0.15, 0.2) is 24.5 Å². The van der Waals surface area contributed by atoms with Crippen LogP contribution in [0.2, 0.25) is 0 Å². The molecule has 1 aliphatic carbocycles. The minimum atomic E-state index is -0.660. The van der Waals surface area contributed by atoms with Crippen molar-refractivity contribution in [1.29, 1.82) is 5.26 Å². The van der Waals surface area contributed by atoms with Crippen molar-refractivity contribution >= 4 is 23.3 Å². The molecule has 0 atom stereocenters. The summed E-state index contributed by atoms with van der Waals surface area (Å²) in [6, 6.07) is 4.84. The maximum absolute atomic E-state index is 14.0. The van der Waals surface area contributed by atoms with Gasteiger partial charge in [0.25, 0.3) is 0 Å². The molecule has 1 fully saturated rings. The zero-order valence-electron chi connectivity index (χ0n) is 13.5. The summed E-state index contributed by atoms with van der Waals surface area (Å²) >= 11 is 0. The summed E-state index contributed by atoms with van der Waals surface area (Å²) in [5, 5.41) is 14.8. The fourth-order valence-corrected chi connectivity index (χ4v) is 2.17. The Hall–Kier alpha value is -3.21. The molecule has 2 aromatic rings. The maximum atomic E-state index is 14.0. The first-order chi connectivity index (χ1) is 12.1. The van der Waals surface area contributed by atoms with Gasteiger partial charge in [-0.25, -0.2) is 19.2 Å². The van der Waals surface area contributed by atoms with Crippen LogP contribution in [-0.2, 0) is 4.74 Å². The fourth-order valence-electron chi connectivity index (χ4n) is 2.17. The van der Waals surface area contributed by atoms with E-state index in [1.54, 1.807) is 13.0 Å². The van der Waals surface area contributed by atoms with E-state index in [2.05, 4.69) is 20.6 Å². The molecule has 8 heteroatoms. The minimum Gasteiger partial charge on any atom is -0.462 e. The summed E-state index contributed by atoms with van der Waals surface area (Å²) < 4.78 is 19.0. The Morgan fingerprint density at radius 1 is 1.40 bits per heavy atom. The van der Waals surface area contributed by atoms with Crippen molar-refractivity contribution in [2.24, 2.45) is 0 Å². The van der Waals surface area contributed by atoms with Crippen LogP contribution in [0.3, 0.4) is 0 Å². The highest BCUT2D eigenvalue weighted by Crippen LogP contribution is 2.29. The van der Waals surface area contributed by atoms with E-state index in [9.17, 15) is 9.18 Å². The van der Waals surface area contributed by atoms with Crippen LogP contribution in [0.1, 0.15) is 35.7 Å². The van der Waals surface area contributed by atoms with Crippen LogP contribution in [0.4, 0.5) is 21.7 Å². The Labute approximate surface area is 143 Å². The van der Waals surface area contributed by atoms with E-state index >= 15 is 0 Å². The third-order valence-corrected chi connectivity index (χ3v) is 3.55. The van der Waals surface area contributed by atoms with Crippen molar-refractivity contribution in [2.75, 3.05) is 17.2 Å². The molecule has 0 unspecified atom stereocenters. The molecule has 0 amide bonds. The molecule has 25 heavy (non-hydrogen) atoms. The SMILES string of the molecule is CCOC(=O)c1cnc(Nc2ncc(C#N)cc2F)cc1NC1CC1. The molecular weight excluding hydrogens is 325 g/mol. The van der Waals surface area contributed by atoms with Gasteiger partial charge in [0.1, 0.15) is 17.5 Å². The van der Waals surface area contributed by atoms with Gasteiger partial charge in [-0.15, -0.1) is 0 Å². The van der Waals surface area contributed by atoms with Crippen molar-refractivity contribution in [2.45, 2.75) is 25.8 Å². The first-order valence-electron chi connectivity index (χ1n) is 7.87. The molecule has 3 rings (SSSR count). The number of nitrogens with zero attached hydrogens (tertiary/aromatic N) is 3. The second kappa shape index (κ2) is 7.13. The molecule has 128 valence electrons. The third kappa shape index (κ3) is 4.01. The van der Waals surface area contributed by atoms with E-state index in [0.29, 0.717) is 23.1 Å². The summed E-state index contributed by atoms with van der Waals surface area (Å²) in [5.74, 6) is -0.848. The average Bonchev–Trinajstić information content (AvgIpc) is 3.41. The quantitative estimate of drug-likeness (QED) is 0.779. The molecule has 0 aliphatic heterocycles. The number of ether oxygens (including phenoxy) is 1. The van der Waals surface area contributed by atoms with Gasteiger partial charge in [0, 0.05) is 24.5 Å².